The predicted molar refractivity (Wildman–Crippen MR) is 72.2 cm³/mol. The summed E-state index contributed by atoms with van der Waals surface area (Å²) >= 11 is 0. The van der Waals surface area contributed by atoms with Crippen LogP contribution in [0.15, 0.2) is 0 Å². The molecule has 19 heavy (non-hydrogen) atoms. The zero-order valence-electron chi connectivity index (χ0n) is 11.7. The van der Waals surface area contributed by atoms with E-state index in [1.54, 1.807) is 0 Å². The zero-order valence-corrected chi connectivity index (χ0v) is 11.7. The van der Waals surface area contributed by atoms with Gasteiger partial charge in [-0.2, -0.15) is 0 Å². The van der Waals surface area contributed by atoms with Crippen molar-refractivity contribution in [3.05, 3.63) is 0 Å². The first-order chi connectivity index (χ1) is 9.25. The summed E-state index contributed by atoms with van der Waals surface area (Å²) in [5.74, 6) is 0. The Morgan fingerprint density at radius 2 is 1.95 bits per heavy atom. The van der Waals surface area contributed by atoms with Gasteiger partial charge in [-0.15, -0.1) is 0 Å². The van der Waals surface area contributed by atoms with Crippen molar-refractivity contribution in [2.24, 2.45) is 0 Å². The molecule has 0 aromatic heterocycles. The Hall–Kier alpha value is -0.200. The van der Waals surface area contributed by atoms with E-state index in [-0.39, 0.29) is 0 Å². The molecule has 3 saturated heterocycles. The number of β-amino-alcohol motifs (C(OH)–C–C–N with tert-alkyl or cyclic N) is 1. The van der Waals surface area contributed by atoms with Crippen molar-refractivity contribution in [2.45, 2.75) is 30.9 Å². The van der Waals surface area contributed by atoms with Crippen molar-refractivity contribution < 1.29 is 14.6 Å². The Morgan fingerprint density at radius 1 is 1.11 bits per heavy atom. The van der Waals surface area contributed by atoms with Gasteiger partial charge in [0.05, 0.1) is 19.8 Å². The van der Waals surface area contributed by atoms with Crippen LogP contribution in [0.4, 0.5) is 0 Å². The summed E-state index contributed by atoms with van der Waals surface area (Å²) < 4.78 is 10.8. The molecule has 3 aliphatic heterocycles. The Morgan fingerprint density at radius 3 is 2.68 bits per heavy atom. The normalized spacial score (nSPS) is 38.7. The molecule has 0 saturated carbocycles. The van der Waals surface area contributed by atoms with Crippen molar-refractivity contribution in [3.8, 4) is 0 Å². The van der Waals surface area contributed by atoms with Crippen molar-refractivity contribution >= 4 is 0 Å². The van der Waals surface area contributed by atoms with Crippen molar-refractivity contribution in [1.82, 2.24) is 9.80 Å². The molecule has 2 unspecified atom stereocenters. The van der Waals surface area contributed by atoms with Crippen molar-refractivity contribution in [3.63, 3.8) is 0 Å². The number of hydrogen-bond donors (Lipinski definition) is 1. The summed E-state index contributed by atoms with van der Waals surface area (Å²) in [4.78, 5) is 4.96. The lowest BCUT2D eigenvalue weighted by Crippen LogP contribution is -2.49. The Kier molecular flexibility index (Phi) is 4.39. The van der Waals surface area contributed by atoms with E-state index in [0.29, 0.717) is 12.6 Å². The zero-order chi connectivity index (χ0) is 13.1. The molecular formula is C14H26N2O3. The maximum atomic E-state index is 10.5. The monoisotopic (exact) mass is 270 g/mol. The highest BCUT2D eigenvalue weighted by Crippen LogP contribution is 2.24. The van der Waals surface area contributed by atoms with E-state index in [9.17, 15) is 5.11 Å². The third-order valence-corrected chi connectivity index (χ3v) is 4.63. The first-order valence-corrected chi connectivity index (χ1v) is 7.59. The number of aliphatic hydroxyl groups is 1. The topological polar surface area (TPSA) is 45.2 Å². The summed E-state index contributed by atoms with van der Waals surface area (Å²) in [6, 6.07) is 0.650. The minimum Gasteiger partial charge on any atom is -0.386 e. The number of likely N-dealkylation sites (tertiary alicyclic amines) is 1. The molecule has 5 nitrogen and oxygen atoms in total. The minimum atomic E-state index is -0.613. The molecule has 0 aromatic carbocycles. The molecule has 3 fully saturated rings. The van der Waals surface area contributed by atoms with E-state index in [4.69, 9.17) is 9.47 Å². The standard InChI is InChI=1S/C14H26N2O3/c17-14(3-1-7-19-12-14)11-15-4-2-13(10-15)16-5-8-18-9-6-16/h13,17H,1-12H2. The van der Waals surface area contributed by atoms with E-state index in [1.807, 2.05) is 0 Å². The molecular weight excluding hydrogens is 244 g/mol. The second-order valence-electron chi connectivity index (χ2n) is 6.21. The van der Waals surface area contributed by atoms with E-state index in [2.05, 4.69) is 9.80 Å². The van der Waals surface area contributed by atoms with Crippen molar-refractivity contribution in [2.75, 3.05) is 59.2 Å². The molecule has 3 heterocycles. The molecule has 0 amide bonds. The summed E-state index contributed by atoms with van der Waals surface area (Å²) in [5.41, 5.74) is -0.613. The van der Waals surface area contributed by atoms with Gasteiger partial charge in [-0.05, 0) is 25.8 Å². The van der Waals surface area contributed by atoms with Crippen LogP contribution in [0, 0.1) is 0 Å². The third kappa shape index (κ3) is 3.47. The van der Waals surface area contributed by atoms with Gasteiger partial charge >= 0.3 is 0 Å². The molecule has 0 bridgehead atoms. The number of rotatable bonds is 3. The quantitative estimate of drug-likeness (QED) is 0.778. The number of morpholine rings is 1. The summed E-state index contributed by atoms with van der Waals surface area (Å²) in [6.45, 7) is 8.13. The molecule has 3 rings (SSSR count). The summed E-state index contributed by atoms with van der Waals surface area (Å²) in [7, 11) is 0. The number of nitrogens with zero attached hydrogens (tertiary/aromatic N) is 2. The fraction of sp³-hybridized carbons (Fsp3) is 1.00. The molecule has 3 aliphatic rings. The van der Waals surface area contributed by atoms with Gasteiger partial charge in [0.15, 0.2) is 0 Å². The largest absolute Gasteiger partial charge is 0.386 e. The van der Waals surface area contributed by atoms with Gasteiger partial charge in [0.25, 0.3) is 0 Å². The lowest BCUT2D eigenvalue weighted by atomic mass is 9.96. The predicted octanol–water partition coefficient (Wildman–Crippen LogP) is -0.0656. The maximum Gasteiger partial charge on any atom is 0.101 e. The van der Waals surface area contributed by atoms with Gasteiger partial charge in [-0.25, -0.2) is 0 Å². The van der Waals surface area contributed by atoms with E-state index in [0.717, 1.165) is 65.4 Å². The average molecular weight is 270 g/mol. The smallest absolute Gasteiger partial charge is 0.101 e. The van der Waals surface area contributed by atoms with Crippen LogP contribution >= 0.6 is 0 Å². The fourth-order valence-electron chi connectivity index (χ4n) is 3.58. The third-order valence-electron chi connectivity index (χ3n) is 4.63. The lowest BCUT2D eigenvalue weighted by molar-refractivity contribution is -0.0984. The molecule has 2 atom stereocenters. The molecule has 0 aromatic rings. The fourth-order valence-corrected chi connectivity index (χ4v) is 3.58. The number of hydrogen-bond acceptors (Lipinski definition) is 5. The molecule has 0 radical (unpaired) electrons. The molecule has 1 N–H and O–H groups in total. The molecule has 0 spiro atoms. The SMILES string of the molecule is OC1(CN2CCC(N3CCOCC3)C2)CCCOC1. The van der Waals surface area contributed by atoms with Gasteiger partial charge in [0.2, 0.25) is 0 Å². The van der Waals surface area contributed by atoms with Gasteiger partial charge in [-0.3, -0.25) is 9.80 Å². The maximum absolute atomic E-state index is 10.5. The Bertz CT molecular complexity index is 288. The highest BCUT2D eigenvalue weighted by atomic mass is 16.5. The van der Waals surface area contributed by atoms with E-state index < -0.39 is 5.60 Å². The highest BCUT2D eigenvalue weighted by molar-refractivity contribution is 4.90. The van der Waals surface area contributed by atoms with Crippen LogP contribution < -0.4 is 0 Å². The van der Waals surface area contributed by atoms with Crippen LogP contribution in [0.5, 0.6) is 0 Å². The van der Waals surface area contributed by atoms with Gasteiger partial charge < -0.3 is 14.6 Å². The summed E-state index contributed by atoms with van der Waals surface area (Å²) in [6.07, 6.45) is 3.08. The van der Waals surface area contributed by atoms with Crippen LogP contribution in [0.3, 0.4) is 0 Å². The highest BCUT2D eigenvalue weighted by Gasteiger charge is 2.36. The van der Waals surface area contributed by atoms with Crippen LogP contribution in [0.1, 0.15) is 19.3 Å². The van der Waals surface area contributed by atoms with Crippen molar-refractivity contribution in [1.29, 1.82) is 0 Å². The molecule has 0 aliphatic carbocycles. The second-order valence-corrected chi connectivity index (χ2v) is 6.21. The van der Waals surface area contributed by atoms with E-state index >= 15 is 0 Å². The van der Waals surface area contributed by atoms with Gasteiger partial charge in [-0.1, -0.05) is 0 Å². The second kappa shape index (κ2) is 6.06. The first-order valence-electron chi connectivity index (χ1n) is 7.59. The average Bonchev–Trinajstić information content (AvgIpc) is 2.88. The molecule has 5 heteroatoms. The first kappa shape index (κ1) is 13.8. The van der Waals surface area contributed by atoms with Crippen LogP contribution in [-0.4, -0.2) is 85.7 Å². The van der Waals surface area contributed by atoms with Crippen LogP contribution in [0.2, 0.25) is 0 Å². The number of ether oxygens (including phenoxy) is 2. The summed E-state index contributed by atoms with van der Waals surface area (Å²) in [5, 5.41) is 10.5. The van der Waals surface area contributed by atoms with Gasteiger partial charge in [0.1, 0.15) is 5.60 Å². The van der Waals surface area contributed by atoms with Crippen LogP contribution in [-0.2, 0) is 9.47 Å². The van der Waals surface area contributed by atoms with Gasteiger partial charge in [0, 0.05) is 38.8 Å². The Balaban J connectivity index is 1.48. The lowest BCUT2D eigenvalue weighted by Gasteiger charge is -2.36. The molecule has 110 valence electrons. The van der Waals surface area contributed by atoms with Crippen LogP contribution in [0.25, 0.3) is 0 Å². The van der Waals surface area contributed by atoms with E-state index in [1.165, 1.54) is 6.42 Å². The Labute approximate surface area is 115 Å². The minimum absolute atomic E-state index is 0.506.